The minimum atomic E-state index is -1.72. The van der Waals surface area contributed by atoms with Gasteiger partial charge in [0.2, 0.25) is 0 Å². The van der Waals surface area contributed by atoms with E-state index in [1.165, 1.54) is 51.4 Å². The minimum absolute atomic E-state index is 0.290. The molecule has 42 heavy (non-hydrogen) atoms. The first kappa shape index (κ1) is 34.7. The molecule has 0 saturated heterocycles. The van der Waals surface area contributed by atoms with Crippen molar-refractivity contribution in [2.75, 3.05) is 6.61 Å². The molecule has 0 N–H and O–H groups in total. The monoisotopic (exact) mass is 614 g/mol. The van der Waals surface area contributed by atoms with Crippen LogP contribution >= 0.6 is 0 Å². The lowest BCUT2D eigenvalue weighted by Gasteiger charge is -2.59. The Kier molecular flexibility index (Phi) is 10.1. The van der Waals surface area contributed by atoms with E-state index in [1.54, 1.807) is 5.57 Å². The molecule has 4 aliphatic carbocycles. The van der Waals surface area contributed by atoms with Crippen molar-refractivity contribution in [3.05, 3.63) is 23.8 Å². The molecule has 1 unspecified atom stereocenters. The maximum absolute atomic E-state index is 6.97. The fraction of sp³-hybridized carbons (Fsp3) is 0.895. The van der Waals surface area contributed by atoms with Crippen molar-refractivity contribution < 1.29 is 8.85 Å². The molecule has 4 heteroatoms. The van der Waals surface area contributed by atoms with Gasteiger partial charge in [0.25, 0.3) is 0 Å². The summed E-state index contributed by atoms with van der Waals surface area (Å²) in [7, 11) is -3.34. The van der Waals surface area contributed by atoms with Crippen LogP contribution < -0.4 is 0 Å². The van der Waals surface area contributed by atoms with Gasteiger partial charge >= 0.3 is 0 Å². The van der Waals surface area contributed by atoms with E-state index in [9.17, 15) is 0 Å². The van der Waals surface area contributed by atoms with Gasteiger partial charge in [-0.3, -0.25) is 0 Å². The summed E-state index contributed by atoms with van der Waals surface area (Å²) in [6, 6.07) is 0. The van der Waals surface area contributed by atoms with E-state index in [0.717, 1.165) is 43.1 Å². The molecule has 0 radical (unpaired) electrons. The molecule has 0 heterocycles. The molecule has 0 amide bonds. The molecular formula is C38H70O2Si2. The number of allylic oxidation sites excluding steroid dienone is 3. The molecule has 0 aromatic rings. The van der Waals surface area contributed by atoms with E-state index in [-0.39, 0.29) is 5.04 Å². The van der Waals surface area contributed by atoms with Gasteiger partial charge in [-0.1, -0.05) is 86.1 Å². The molecule has 2 nitrogen and oxygen atoms in total. The highest BCUT2D eigenvalue weighted by Gasteiger charge is 2.59. The van der Waals surface area contributed by atoms with Gasteiger partial charge in [-0.2, -0.15) is 0 Å². The third kappa shape index (κ3) is 6.68. The van der Waals surface area contributed by atoms with Crippen LogP contribution in [0.3, 0.4) is 0 Å². The standard InChI is InChI=1S/C38H70O2Si2/c1-28(17-15-14-16-26-39-41(10,11)35(2,3)4)32-20-21-33-31-19-18-29-27-30(40-42(12,13)36(5,6)7)22-24-37(29,8)34(31)23-25-38(32,33)9/h15,17-18,28,30-34H,14,16,19-27H2,1-13H3/b17-15+/t28-,30?,31+,32-,33+,34+,37+,38-/m1/s1. The number of rotatable bonds is 9. The Balaban J connectivity index is 1.35. The van der Waals surface area contributed by atoms with Crippen LogP contribution in [0.5, 0.6) is 0 Å². The predicted octanol–water partition coefficient (Wildman–Crippen LogP) is 12.0. The highest BCUT2D eigenvalue weighted by molar-refractivity contribution is 6.74. The van der Waals surface area contributed by atoms with Gasteiger partial charge in [-0.15, -0.1) is 0 Å². The lowest BCUT2D eigenvalue weighted by Crippen LogP contribution is -2.52. The van der Waals surface area contributed by atoms with Gasteiger partial charge in [0.05, 0.1) is 0 Å². The molecule has 242 valence electrons. The van der Waals surface area contributed by atoms with Crippen LogP contribution in [0.4, 0.5) is 0 Å². The SMILES string of the molecule is C[C@H](/C=C/CCCO[Si](C)(C)C(C)(C)C)[C@H]1CC[C@H]2[C@@H]3CC=C4CC(O[Si](C)(C)C(C)(C)C)CC[C@]4(C)[C@H]3CC[C@]12C. The van der Waals surface area contributed by atoms with Crippen molar-refractivity contribution in [3.63, 3.8) is 0 Å². The molecule has 3 saturated carbocycles. The summed E-state index contributed by atoms with van der Waals surface area (Å²) in [5.41, 5.74) is 2.69. The van der Waals surface area contributed by atoms with Crippen molar-refractivity contribution in [1.29, 1.82) is 0 Å². The quantitative estimate of drug-likeness (QED) is 0.146. The fourth-order valence-corrected chi connectivity index (χ4v) is 11.9. The summed E-state index contributed by atoms with van der Waals surface area (Å²) in [4.78, 5) is 0. The molecule has 0 spiro atoms. The van der Waals surface area contributed by atoms with Crippen LogP contribution in [0.1, 0.15) is 127 Å². The Morgan fingerprint density at radius 3 is 2.21 bits per heavy atom. The van der Waals surface area contributed by atoms with Crippen LogP contribution in [0, 0.1) is 40.4 Å². The lowest BCUT2D eigenvalue weighted by molar-refractivity contribution is -0.0532. The van der Waals surface area contributed by atoms with Crippen LogP contribution in [0.15, 0.2) is 23.8 Å². The molecule has 4 rings (SSSR count). The van der Waals surface area contributed by atoms with Crippen LogP contribution in [0.2, 0.25) is 36.3 Å². The van der Waals surface area contributed by atoms with E-state index in [2.05, 4.69) is 107 Å². The minimum Gasteiger partial charge on any atom is -0.417 e. The zero-order valence-corrected chi connectivity index (χ0v) is 32.3. The van der Waals surface area contributed by atoms with Crippen LogP contribution in [-0.2, 0) is 8.85 Å². The zero-order chi connectivity index (χ0) is 31.4. The Hall–Kier alpha value is -0.166. The third-order valence-corrected chi connectivity index (χ3v) is 23.3. The van der Waals surface area contributed by atoms with Crippen molar-refractivity contribution >= 4 is 16.6 Å². The Bertz CT molecular complexity index is 998. The van der Waals surface area contributed by atoms with Crippen LogP contribution in [-0.4, -0.2) is 29.3 Å². The maximum Gasteiger partial charge on any atom is 0.192 e. The summed E-state index contributed by atoms with van der Waals surface area (Å²) in [6.07, 6.45) is 21.4. The second-order valence-corrected chi connectivity index (χ2v) is 28.3. The number of hydrogen-bond acceptors (Lipinski definition) is 2. The average molecular weight is 615 g/mol. The van der Waals surface area contributed by atoms with E-state index < -0.39 is 16.6 Å². The van der Waals surface area contributed by atoms with Gasteiger partial charge < -0.3 is 8.85 Å². The topological polar surface area (TPSA) is 18.5 Å². The number of unbranched alkanes of at least 4 members (excludes halogenated alkanes) is 1. The first-order chi connectivity index (χ1) is 19.2. The molecule has 8 atom stereocenters. The number of fused-ring (bicyclic) bond motifs is 5. The third-order valence-electron chi connectivity index (χ3n) is 14.3. The summed E-state index contributed by atoms with van der Waals surface area (Å²) in [5.74, 6) is 4.21. The molecular weight excluding hydrogens is 545 g/mol. The fourth-order valence-electron chi connectivity index (χ4n) is 9.42. The summed E-state index contributed by atoms with van der Waals surface area (Å²) < 4.78 is 13.4. The van der Waals surface area contributed by atoms with Crippen molar-refractivity contribution in [2.24, 2.45) is 40.4 Å². The molecule has 0 aliphatic heterocycles. The van der Waals surface area contributed by atoms with Gasteiger partial charge in [0.15, 0.2) is 16.6 Å². The Morgan fingerprint density at radius 2 is 1.57 bits per heavy atom. The maximum atomic E-state index is 6.97. The first-order valence-corrected chi connectivity index (χ1v) is 23.7. The van der Waals surface area contributed by atoms with Gasteiger partial charge in [-0.05, 0) is 141 Å². The van der Waals surface area contributed by atoms with E-state index >= 15 is 0 Å². The normalized spacial score (nSPS) is 36.8. The molecule has 0 bridgehead atoms. The highest BCUT2D eigenvalue weighted by Crippen LogP contribution is 2.67. The van der Waals surface area contributed by atoms with Crippen molar-refractivity contribution in [3.8, 4) is 0 Å². The molecule has 3 fully saturated rings. The second-order valence-electron chi connectivity index (χ2n) is 18.8. The van der Waals surface area contributed by atoms with Gasteiger partial charge in [0, 0.05) is 12.7 Å². The van der Waals surface area contributed by atoms with Gasteiger partial charge in [-0.25, -0.2) is 0 Å². The van der Waals surface area contributed by atoms with Crippen molar-refractivity contribution in [2.45, 2.75) is 169 Å². The number of hydrogen-bond donors (Lipinski definition) is 0. The Morgan fingerprint density at radius 1 is 0.905 bits per heavy atom. The molecule has 4 aliphatic rings. The van der Waals surface area contributed by atoms with Crippen LogP contribution in [0.25, 0.3) is 0 Å². The average Bonchev–Trinajstić information content (AvgIpc) is 3.22. The first-order valence-electron chi connectivity index (χ1n) is 17.9. The van der Waals surface area contributed by atoms with E-state index in [1.807, 2.05) is 0 Å². The molecule has 0 aromatic heterocycles. The van der Waals surface area contributed by atoms with E-state index in [0.29, 0.717) is 27.9 Å². The molecule has 0 aromatic carbocycles. The summed E-state index contributed by atoms with van der Waals surface area (Å²) >= 11 is 0. The Labute approximate surface area is 264 Å². The van der Waals surface area contributed by atoms with E-state index in [4.69, 9.17) is 8.85 Å². The highest BCUT2D eigenvalue weighted by atomic mass is 28.4. The van der Waals surface area contributed by atoms with Gasteiger partial charge in [0.1, 0.15) is 0 Å². The summed E-state index contributed by atoms with van der Waals surface area (Å²) in [6.45, 7) is 32.6. The van der Waals surface area contributed by atoms with Crippen molar-refractivity contribution in [1.82, 2.24) is 0 Å². The lowest BCUT2D eigenvalue weighted by atomic mass is 9.47. The predicted molar refractivity (Wildman–Crippen MR) is 188 cm³/mol. The summed E-state index contributed by atoms with van der Waals surface area (Å²) in [5, 5.41) is 0.592. The smallest absolute Gasteiger partial charge is 0.192 e. The zero-order valence-electron chi connectivity index (χ0n) is 30.3. The largest absolute Gasteiger partial charge is 0.417 e. The second kappa shape index (κ2) is 12.2.